The van der Waals surface area contributed by atoms with Crippen molar-refractivity contribution in [2.45, 2.75) is 19.4 Å². The van der Waals surface area contributed by atoms with E-state index >= 15 is 0 Å². The van der Waals surface area contributed by atoms with Crippen LogP contribution >= 0.6 is 38.9 Å². The van der Waals surface area contributed by atoms with Gasteiger partial charge in [0.2, 0.25) is 0 Å². The first-order chi connectivity index (χ1) is 8.72. The van der Waals surface area contributed by atoms with Crippen molar-refractivity contribution < 1.29 is 0 Å². The van der Waals surface area contributed by atoms with E-state index in [0.29, 0.717) is 0 Å². The van der Waals surface area contributed by atoms with Crippen LogP contribution in [0.5, 0.6) is 0 Å². The molecule has 2 aromatic rings. The molecule has 0 radical (unpaired) electrons. The summed E-state index contributed by atoms with van der Waals surface area (Å²) in [6.07, 6.45) is 1.11. The van der Waals surface area contributed by atoms with Gasteiger partial charge in [-0.05, 0) is 53.1 Å². The van der Waals surface area contributed by atoms with Gasteiger partial charge in [-0.25, -0.2) is 0 Å². The van der Waals surface area contributed by atoms with Gasteiger partial charge in [0.05, 0.1) is 6.04 Å². The van der Waals surface area contributed by atoms with E-state index in [-0.39, 0.29) is 6.04 Å². The monoisotopic (exact) mass is 343 g/mol. The first kappa shape index (κ1) is 14.1. The highest BCUT2D eigenvalue weighted by molar-refractivity contribution is 9.10. The van der Waals surface area contributed by atoms with Gasteiger partial charge < -0.3 is 5.32 Å². The van der Waals surface area contributed by atoms with Gasteiger partial charge in [0.25, 0.3) is 0 Å². The van der Waals surface area contributed by atoms with Crippen LogP contribution in [0.25, 0.3) is 0 Å². The minimum Gasteiger partial charge on any atom is -0.306 e. The minimum absolute atomic E-state index is 0.178. The van der Waals surface area contributed by atoms with E-state index in [9.17, 15) is 0 Å². The zero-order chi connectivity index (χ0) is 13.0. The Morgan fingerprint density at radius 1 is 1.39 bits per heavy atom. The molecule has 0 saturated heterocycles. The van der Waals surface area contributed by atoms with Crippen molar-refractivity contribution in [2.75, 3.05) is 6.54 Å². The topological polar surface area (TPSA) is 12.0 Å². The highest BCUT2D eigenvalue weighted by Gasteiger charge is 2.16. The largest absolute Gasteiger partial charge is 0.306 e. The van der Waals surface area contributed by atoms with Crippen molar-refractivity contribution in [3.63, 3.8) is 0 Å². The Kier molecular flexibility index (Phi) is 5.25. The maximum Gasteiger partial charge on any atom is 0.0599 e. The molecule has 0 spiro atoms. The standard InChI is InChI=1S/C14H15BrClNS/c1-2-6-17-14(10-5-7-18-9-10)12-4-3-11(15)8-13(12)16/h3-5,7-9,14,17H,2,6H2,1H3. The van der Waals surface area contributed by atoms with Crippen LogP contribution in [0.4, 0.5) is 0 Å². The number of nitrogens with one attached hydrogen (secondary N) is 1. The number of hydrogen-bond donors (Lipinski definition) is 1. The van der Waals surface area contributed by atoms with Gasteiger partial charge in [0, 0.05) is 9.50 Å². The molecule has 96 valence electrons. The highest BCUT2D eigenvalue weighted by atomic mass is 79.9. The second kappa shape index (κ2) is 6.71. The minimum atomic E-state index is 0.178. The smallest absolute Gasteiger partial charge is 0.0599 e. The molecule has 0 fully saturated rings. The number of halogens is 2. The summed E-state index contributed by atoms with van der Waals surface area (Å²) in [5.74, 6) is 0. The Labute approximate surface area is 125 Å². The zero-order valence-corrected chi connectivity index (χ0v) is 13.3. The first-order valence-electron chi connectivity index (χ1n) is 5.92. The first-order valence-corrected chi connectivity index (χ1v) is 8.04. The van der Waals surface area contributed by atoms with Gasteiger partial charge in [0.15, 0.2) is 0 Å². The van der Waals surface area contributed by atoms with Crippen LogP contribution < -0.4 is 5.32 Å². The zero-order valence-electron chi connectivity index (χ0n) is 10.1. The third-order valence-corrected chi connectivity index (χ3v) is 4.27. The molecule has 4 heteroatoms. The maximum atomic E-state index is 6.35. The third-order valence-electron chi connectivity index (χ3n) is 2.75. The van der Waals surface area contributed by atoms with E-state index in [1.165, 1.54) is 5.56 Å². The molecule has 1 atom stereocenters. The molecule has 1 aromatic carbocycles. The Hall–Kier alpha value is -0.350. The van der Waals surface area contributed by atoms with E-state index in [4.69, 9.17) is 11.6 Å². The van der Waals surface area contributed by atoms with Gasteiger partial charge in [0.1, 0.15) is 0 Å². The molecule has 1 nitrogen and oxygen atoms in total. The lowest BCUT2D eigenvalue weighted by atomic mass is 10.0. The summed E-state index contributed by atoms with van der Waals surface area (Å²) >= 11 is 11.5. The summed E-state index contributed by atoms with van der Waals surface area (Å²) in [4.78, 5) is 0. The summed E-state index contributed by atoms with van der Waals surface area (Å²) in [5.41, 5.74) is 2.41. The van der Waals surface area contributed by atoms with Crippen molar-refractivity contribution in [3.05, 3.63) is 55.6 Å². The summed E-state index contributed by atoms with van der Waals surface area (Å²) in [7, 11) is 0. The molecule has 0 saturated carbocycles. The van der Waals surface area contributed by atoms with Crippen molar-refractivity contribution in [3.8, 4) is 0 Å². The maximum absolute atomic E-state index is 6.35. The van der Waals surface area contributed by atoms with E-state index in [1.54, 1.807) is 11.3 Å². The van der Waals surface area contributed by atoms with E-state index in [2.05, 4.69) is 51.1 Å². The molecular weight excluding hydrogens is 330 g/mol. The molecular formula is C14H15BrClNS. The fourth-order valence-electron chi connectivity index (χ4n) is 1.87. The molecule has 0 aliphatic rings. The number of thiophene rings is 1. The van der Waals surface area contributed by atoms with Gasteiger partial charge in [-0.3, -0.25) is 0 Å². The molecule has 0 bridgehead atoms. The SMILES string of the molecule is CCCNC(c1ccsc1)c1ccc(Br)cc1Cl. The Morgan fingerprint density at radius 3 is 2.83 bits per heavy atom. The third kappa shape index (κ3) is 3.35. The second-order valence-electron chi connectivity index (χ2n) is 4.11. The van der Waals surface area contributed by atoms with Gasteiger partial charge in [-0.2, -0.15) is 11.3 Å². The molecule has 18 heavy (non-hydrogen) atoms. The van der Waals surface area contributed by atoms with Gasteiger partial charge in [-0.1, -0.05) is 40.5 Å². The predicted molar refractivity (Wildman–Crippen MR) is 83.6 cm³/mol. The van der Waals surface area contributed by atoms with E-state index in [1.807, 2.05) is 12.1 Å². The number of rotatable bonds is 5. The van der Waals surface area contributed by atoms with Crippen molar-refractivity contribution >= 4 is 38.9 Å². The number of benzene rings is 1. The average molecular weight is 345 g/mol. The van der Waals surface area contributed by atoms with Crippen molar-refractivity contribution in [1.29, 1.82) is 0 Å². The Morgan fingerprint density at radius 2 is 2.22 bits per heavy atom. The van der Waals surface area contributed by atoms with Crippen LogP contribution in [0.1, 0.15) is 30.5 Å². The van der Waals surface area contributed by atoms with Crippen LogP contribution in [0.15, 0.2) is 39.5 Å². The molecule has 0 aliphatic heterocycles. The quantitative estimate of drug-likeness (QED) is 0.781. The van der Waals surface area contributed by atoms with Crippen LogP contribution in [0.3, 0.4) is 0 Å². The van der Waals surface area contributed by atoms with Crippen LogP contribution in [0.2, 0.25) is 5.02 Å². The second-order valence-corrected chi connectivity index (χ2v) is 6.21. The number of hydrogen-bond acceptors (Lipinski definition) is 2. The predicted octanol–water partition coefficient (Wildman–Crippen LogP) is 5.25. The normalized spacial score (nSPS) is 12.6. The van der Waals surface area contributed by atoms with Crippen LogP contribution in [-0.2, 0) is 0 Å². The lowest BCUT2D eigenvalue weighted by molar-refractivity contribution is 0.600. The molecule has 2 rings (SSSR count). The fraction of sp³-hybridized carbons (Fsp3) is 0.286. The highest BCUT2D eigenvalue weighted by Crippen LogP contribution is 2.31. The summed E-state index contributed by atoms with van der Waals surface area (Å²) in [6, 6.07) is 8.39. The van der Waals surface area contributed by atoms with Crippen molar-refractivity contribution in [2.24, 2.45) is 0 Å². The summed E-state index contributed by atoms with van der Waals surface area (Å²) in [5, 5.41) is 8.62. The average Bonchev–Trinajstić information content (AvgIpc) is 2.85. The molecule has 0 aliphatic carbocycles. The Bertz CT molecular complexity index is 499. The molecule has 1 aromatic heterocycles. The van der Waals surface area contributed by atoms with Crippen LogP contribution in [0, 0.1) is 0 Å². The van der Waals surface area contributed by atoms with Crippen LogP contribution in [-0.4, -0.2) is 6.54 Å². The van der Waals surface area contributed by atoms with E-state index < -0.39 is 0 Å². The van der Waals surface area contributed by atoms with Gasteiger partial charge >= 0.3 is 0 Å². The Balaban J connectivity index is 2.33. The summed E-state index contributed by atoms with van der Waals surface area (Å²) < 4.78 is 1.01. The molecule has 1 heterocycles. The fourth-order valence-corrected chi connectivity index (χ4v) is 3.34. The molecule has 1 unspecified atom stereocenters. The lowest BCUT2D eigenvalue weighted by Crippen LogP contribution is -2.23. The molecule has 1 N–H and O–H groups in total. The summed E-state index contributed by atoms with van der Waals surface area (Å²) in [6.45, 7) is 3.15. The van der Waals surface area contributed by atoms with Crippen molar-refractivity contribution in [1.82, 2.24) is 5.32 Å². The van der Waals surface area contributed by atoms with Gasteiger partial charge in [-0.15, -0.1) is 0 Å². The molecule has 0 amide bonds. The lowest BCUT2D eigenvalue weighted by Gasteiger charge is -2.19. The van der Waals surface area contributed by atoms with E-state index in [0.717, 1.165) is 28.0 Å².